The summed E-state index contributed by atoms with van der Waals surface area (Å²) in [5.41, 5.74) is 0.610. The van der Waals surface area contributed by atoms with Crippen molar-refractivity contribution in [3.8, 4) is 0 Å². The Bertz CT molecular complexity index is 271. The number of hydrogen-bond donors (Lipinski definition) is 0. The predicted octanol–water partition coefficient (Wildman–Crippen LogP) is 1.51. The van der Waals surface area contributed by atoms with E-state index < -0.39 is 0 Å². The fraction of sp³-hybridized carbons (Fsp3) is 0.600. The van der Waals surface area contributed by atoms with E-state index in [0.29, 0.717) is 18.7 Å². The second-order valence-corrected chi connectivity index (χ2v) is 3.12. The Morgan fingerprint density at radius 1 is 1.57 bits per heavy atom. The fourth-order valence-corrected chi connectivity index (χ4v) is 1.07. The summed E-state index contributed by atoms with van der Waals surface area (Å²) in [6.07, 6.45) is 6.31. The van der Waals surface area contributed by atoms with Crippen molar-refractivity contribution in [2.24, 2.45) is 0 Å². The highest BCUT2D eigenvalue weighted by Crippen LogP contribution is 1.94. The minimum atomic E-state index is 0.610. The van der Waals surface area contributed by atoms with Crippen molar-refractivity contribution >= 4 is 6.29 Å². The van der Waals surface area contributed by atoms with Gasteiger partial charge in [-0.25, -0.2) is 0 Å². The number of nitrogens with zero attached hydrogens (tertiary/aromatic N) is 2. The Morgan fingerprint density at radius 3 is 3.07 bits per heavy atom. The van der Waals surface area contributed by atoms with Crippen molar-refractivity contribution in [3.05, 3.63) is 18.0 Å². The average Bonchev–Trinajstić information content (AvgIpc) is 2.65. The summed E-state index contributed by atoms with van der Waals surface area (Å²) in [6, 6.07) is 0. The Labute approximate surface area is 83.9 Å². The number of rotatable bonds is 7. The molecule has 0 unspecified atom stereocenters. The molecule has 78 valence electrons. The molecule has 1 rings (SSSR count). The summed E-state index contributed by atoms with van der Waals surface area (Å²) in [6.45, 7) is 4.29. The summed E-state index contributed by atoms with van der Waals surface area (Å²) in [7, 11) is 0. The monoisotopic (exact) mass is 196 g/mol. The van der Waals surface area contributed by atoms with Gasteiger partial charge in [0.05, 0.1) is 24.9 Å². The molecule has 0 aliphatic carbocycles. The summed E-state index contributed by atoms with van der Waals surface area (Å²) >= 11 is 0. The third kappa shape index (κ3) is 3.70. The number of aromatic nitrogens is 2. The van der Waals surface area contributed by atoms with Gasteiger partial charge < -0.3 is 4.74 Å². The molecule has 0 saturated heterocycles. The Kier molecular flexibility index (Phi) is 4.93. The van der Waals surface area contributed by atoms with Crippen molar-refractivity contribution in [3.63, 3.8) is 0 Å². The van der Waals surface area contributed by atoms with E-state index in [9.17, 15) is 4.79 Å². The highest BCUT2D eigenvalue weighted by atomic mass is 16.5. The van der Waals surface area contributed by atoms with Gasteiger partial charge in [0.2, 0.25) is 0 Å². The second-order valence-electron chi connectivity index (χ2n) is 3.12. The summed E-state index contributed by atoms with van der Waals surface area (Å²) in [5.74, 6) is 0. The van der Waals surface area contributed by atoms with Crippen LogP contribution in [0.4, 0.5) is 0 Å². The molecular formula is C10H16N2O2. The molecule has 0 N–H and O–H groups in total. The zero-order chi connectivity index (χ0) is 10.2. The molecule has 0 aromatic carbocycles. The number of carbonyl (C=O) groups excluding carboxylic acids is 1. The van der Waals surface area contributed by atoms with E-state index in [1.165, 1.54) is 0 Å². The van der Waals surface area contributed by atoms with E-state index >= 15 is 0 Å². The Balaban J connectivity index is 2.14. The van der Waals surface area contributed by atoms with Crippen LogP contribution < -0.4 is 0 Å². The van der Waals surface area contributed by atoms with Crippen molar-refractivity contribution in [1.82, 2.24) is 9.78 Å². The predicted molar refractivity (Wildman–Crippen MR) is 53.3 cm³/mol. The average molecular weight is 196 g/mol. The van der Waals surface area contributed by atoms with Gasteiger partial charge in [-0.2, -0.15) is 5.10 Å². The molecular weight excluding hydrogens is 180 g/mol. The number of ether oxygens (including phenoxy) is 1. The minimum absolute atomic E-state index is 0.610. The Hall–Kier alpha value is -1.16. The zero-order valence-corrected chi connectivity index (χ0v) is 8.48. The molecule has 1 aromatic rings. The summed E-state index contributed by atoms with van der Waals surface area (Å²) in [5, 5.41) is 4.01. The van der Waals surface area contributed by atoms with E-state index in [1.54, 1.807) is 17.1 Å². The Morgan fingerprint density at radius 2 is 2.43 bits per heavy atom. The number of unbranched alkanes of at least 4 members (excludes halogenated alkanes) is 1. The van der Waals surface area contributed by atoms with Crippen LogP contribution in [0.15, 0.2) is 12.4 Å². The molecule has 4 nitrogen and oxygen atoms in total. The van der Waals surface area contributed by atoms with Gasteiger partial charge in [0, 0.05) is 12.8 Å². The van der Waals surface area contributed by atoms with Gasteiger partial charge in [-0.05, 0) is 6.42 Å². The van der Waals surface area contributed by atoms with Crippen LogP contribution in [0.25, 0.3) is 0 Å². The highest BCUT2D eigenvalue weighted by molar-refractivity contribution is 5.73. The van der Waals surface area contributed by atoms with Crippen LogP contribution in [0.2, 0.25) is 0 Å². The van der Waals surface area contributed by atoms with Crippen LogP contribution in [-0.4, -0.2) is 29.3 Å². The largest absolute Gasteiger partial charge is 0.380 e. The quantitative estimate of drug-likeness (QED) is 0.490. The van der Waals surface area contributed by atoms with Gasteiger partial charge in [0.25, 0.3) is 0 Å². The van der Waals surface area contributed by atoms with Gasteiger partial charge in [0.1, 0.15) is 0 Å². The lowest BCUT2D eigenvalue weighted by atomic mass is 10.4. The lowest BCUT2D eigenvalue weighted by Crippen LogP contribution is -2.06. The molecule has 0 aliphatic heterocycles. The first kappa shape index (κ1) is 10.9. The van der Waals surface area contributed by atoms with Crippen LogP contribution in [0, 0.1) is 0 Å². The molecule has 0 amide bonds. The topological polar surface area (TPSA) is 44.1 Å². The maximum Gasteiger partial charge on any atom is 0.153 e. The molecule has 0 bridgehead atoms. The number of carbonyl (C=O) groups is 1. The van der Waals surface area contributed by atoms with Gasteiger partial charge in [-0.1, -0.05) is 13.3 Å². The third-order valence-corrected chi connectivity index (χ3v) is 1.90. The molecule has 1 heterocycles. The first-order chi connectivity index (χ1) is 6.86. The van der Waals surface area contributed by atoms with Crippen LogP contribution in [0.3, 0.4) is 0 Å². The zero-order valence-electron chi connectivity index (χ0n) is 8.48. The SMILES string of the molecule is CCCCOCCn1cc(C=O)cn1. The maximum absolute atomic E-state index is 10.4. The normalized spacial score (nSPS) is 10.4. The first-order valence-electron chi connectivity index (χ1n) is 4.92. The lowest BCUT2D eigenvalue weighted by molar-refractivity contribution is 0.112. The lowest BCUT2D eigenvalue weighted by Gasteiger charge is -2.02. The maximum atomic E-state index is 10.4. The molecule has 0 saturated carbocycles. The molecule has 0 radical (unpaired) electrons. The molecule has 14 heavy (non-hydrogen) atoms. The third-order valence-electron chi connectivity index (χ3n) is 1.90. The van der Waals surface area contributed by atoms with Crippen molar-refractivity contribution in [1.29, 1.82) is 0 Å². The smallest absolute Gasteiger partial charge is 0.153 e. The fourth-order valence-electron chi connectivity index (χ4n) is 1.07. The van der Waals surface area contributed by atoms with E-state index in [1.807, 2.05) is 0 Å². The van der Waals surface area contributed by atoms with Gasteiger partial charge in [-0.3, -0.25) is 9.48 Å². The number of hydrogen-bond acceptors (Lipinski definition) is 3. The van der Waals surface area contributed by atoms with E-state index in [0.717, 1.165) is 25.7 Å². The molecule has 0 fully saturated rings. The summed E-state index contributed by atoms with van der Waals surface area (Å²) < 4.78 is 7.09. The van der Waals surface area contributed by atoms with Crippen molar-refractivity contribution in [2.45, 2.75) is 26.3 Å². The second kappa shape index (κ2) is 6.32. The van der Waals surface area contributed by atoms with Gasteiger partial charge >= 0.3 is 0 Å². The highest BCUT2D eigenvalue weighted by Gasteiger charge is 1.96. The summed E-state index contributed by atoms with van der Waals surface area (Å²) in [4.78, 5) is 10.4. The van der Waals surface area contributed by atoms with Crippen LogP contribution in [-0.2, 0) is 11.3 Å². The molecule has 1 aromatic heterocycles. The molecule has 0 atom stereocenters. The van der Waals surface area contributed by atoms with Crippen molar-refractivity contribution < 1.29 is 9.53 Å². The molecule has 0 spiro atoms. The van der Waals surface area contributed by atoms with Crippen molar-refractivity contribution in [2.75, 3.05) is 13.2 Å². The molecule has 4 heteroatoms. The van der Waals surface area contributed by atoms with Crippen LogP contribution >= 0.6 is 0 Å². The number of aldehydes is 1. The minimum Gasteiger partial charge on any atom is -0.380 e. The van der Waals surface area contributed by atoms with Crippen LogP contribution in [0.5, 0.6) is 0 Å². The van der Waals surface area contributed by atoms with Gasteiger partial charge in [-0.15, -0.1) is 0 Å². The van der Waals surface area contributed by atoms with E-state index in [4.69, 9.17) is 4.74 Å². The first-order valence-corrected chi connectivity index (χ1v) is 4.92. The standard InChI is InChI=1S/C10H16N2O2/c1-2-3-5-14-6-4-12-8-10(9-13)7-11-12/h7-9H,2-6H2,1H3. The van der Waals surface area contributed by atoms with E-state index in [2.05, 4.69) is 12.0 Å². The van der Waals surface area contributed by atoms with Crippen LogP contribution in [0.1, 0.15) is 30.1 Å². The van der Waals surface area contributed by atoms with E-state index in [-0.39, 0.29) is 0 Å². The van der Waals surface area contributed by atoms with Gasteiger partial charge in [0.15, 0.2) is 6.29 Å². The molecule has 0 aliphatic rings.